The molecule has 0 spiro atoms. The molecule has 21 heavy (non-hydrogen) atoms. The molecule has 1 aliphatic heterocycles. The van der Waals surface area contributed by atoms with Gasteiger partial charge in [0.1, 0.15) is 47.8 Å². The highest BCUT2D eigenvalue weighted by molar-refractivity contribution is 5.56. The first-order chi connectivity index (χ1) is 9.79. The maximum atomic E-state index is 10.0. The standard InChI is InChI=1S/C13H18O8/c1-4-5(15)2-6(16)8(9(4)17)13-12(20)11(19)10(18)7(3-14)21-13/h2,7,10-20H,3H2,1H3/t7-,10-,11+,12+,13-/m1/s1. The number of hydrogen-bond acceptors (Lipinski definition) is 8. The van der Waals surface area contributed by atoms with Crippen LogP contribution in [0.25, 0.3) is 0 Å². The van der Waals surface area contributed by atoms with Crippen LogP contribution in [0.1, 0.15) is 17.2 Å². The van der Waals surface area contributed by atoms with Gasteiger partial charge in [-0.1, -0.05) is 0 Å². The summed E-state index contributed by atoms with van der Waals surface area (Å²) in [5, 5.41) is 67.9. The second-order valence-corrected chi connectivity index (χ2v) is 5.05. The van der Waals surface area contributed by atoms with Gasteiger partial charge < -0.3 is 40.5 Å². The van der Waals surface area contributed by atoms with E-state index in [1.165, 1.54) is 6.92 Å². The van der Waals surface area contributed by atoms with Crippen LogP contribution in [0.2, 0.25) is 0 Å². The first-order valence-corrected chi connectivity index (χ1v) is 6.34. The summed E-state index contributed by atoms with van der Waals surface area (Å²) in [5.41, 5.74) is -0.179. The summed E-state index contributed by atoms with van der Waals surface area (Å²) in [4.78, 5) is 0. The van der Waals surface area contributed by atoms with Gasteiger partial charge in [-0.05, 0) is 6.92 Å². The molecule has 1 aliphatic rings. The van der Waals surface area contributed by atoms with E-state index in [9.17, 15) is 30.6 Å². The van der Waals surface area contributed by atoms with Crippen molar-refractivity contribution in [1.82, 2.24) is 0 Å². The molecule has 8 heteroatoms. The molecule has 0 saturated carbocycles. The molecule has 8 nitrogen and oxygen atoms in total. The Morgan fingerprint density at radius 2 is 1.62 bits per heavy atom. The third-order valence-electron chi connectivity index (χ3n) is 3.72. The second-order valence-electron chi connectivity index (χ2n) is 5.05. The zero-order valence-corrected chi connectivity index (χ0v) is 11.2. The number of benzene rings is 1. The molecule has 0 radical (unpaired) electrons. The van der Waals surface area contributed by atoms with Crippen molar-refractivity contribution in [1.29, 1.82) is 0 Å². The molecule has 0 bridgehead atoms. The summed E-state index contributed by atoms with van der Waals surface area (Å²) in [6, 6.07) is 0.964. The molecule has 1 heterocycles. The minimum Gasteiger partial charge on any atom is -0.507 e. The van der Waals surface area contributed by atoms with Crippen molar-refractivity contribution in [2.75, 3.05) is 6.61 Å². The van der Waals surface area contributed by atoms with E-state index in [2.05, 4.69) is 0 Å². The Kier molecular flexibility index (Phi) is 4.26. The lowest BCUT2D eigenvalue weighted by molar-refractivity contribution is -0.232. The number of phenols is 3. The number of aliphatic hydroxyl groups excluding tert-OH is 4. The molecular weight excluding hydrogens is 284 g/mol. The quantitative estimate of drug-likeness (QED) is 0.353. The lowest BCUT2D eigenvalue weighted by Gasteiger charge is -2.40. The molecule has 1 aromatic carbocycles. The Morgan fingerprint density at radius 3 is 2.19 bits per heavy atom. The van der Waals surface area contributed by atoms with E-state index in [0.717, 1.165) is 6.07 Å². The predicted octanol–water partition coefficient (Wildman–Crippen LogP) is -1.37. The van der Waals surface area contributed by atoms with Gasteiger partial charge in [-0.15, -0.1) is 0 Å². The zero-order chi connectivity index (χ0) is 15.9. The normalized spacial score (nSPS) is 33.1. The van der Waals surface area contributed by atoms with E-state index in [1.807, 2.05) is 0 Å². The summed E-state index contributed by atoms with van der Waals surface area (Å²) < 4.78 is 5.26. The van der Waals surface area contributed by atoms with E-state index in [4.69, 9.17) is 9.84 Å². The number of aromatic hydroxyl groups is 3. The van der Waals surface area contributed by atoms with Gasteiger partial charge in [0.05, 0.1) is 12.2 Å². The van der Waals surface area contributed by atoms with E-state index >= 15 is 0 Å². The summed E-state index contributed by atoms with van der Waals surface area (Å²) in [6.45, 7) is 0.762. The van der Waals surface area contributed by atoms with Gasteiger partial charge in [0.25, 0.3) is 0 Å². The van der Waals surface area contributed by atoms with Gasteiger partial charge >= 0.3 is 0 Å². The molecule has 2 rings (SSSR count). The Morgan fingerprint density at radius 1 is 1.00 bits per heavy atom. The average Bonchev–Trinajstić information content (AvgIpc) is 2.45. The lowest BCUT2D eigenvalue weighted by Crippen LogP contribution is -2.55. The lowest BCUT2D eigenvalue weighted by atomic mass is 9.89. The Bertz CT molecular complexity index is 529. The van der Waals surface area contributed by atoms with Gasteiger partial charge in [-0.2, -0.15) is 0 Å². The number of hydrogen-bond donors (Lipinski definition) is 7. The highest BCUT2D eigenvalue weighted by Crippen LogP contribution is 2.45. The molecule has 7 N–H and O–H groups in total. The Hall–Kier alpha value is -1.58. The smallest absolute Gasteiger partial charge is 0.131 e. The van der Waals surface area contributed by atoms with Crippen LogP contribution < -0.4 is 0 Å². The van der Waals surface area contributed by atoms with E-state index in [0.29, 0.717) is 0 Å². The minimum absolute atomic E-state index is 0.0553. The highest BCUT2D eigenvalue weighted by Gasteiger charge is 2.45. The summed E-state index contributed by atoms with van der Waals surface area (Å²) >= 11 is 0. The van der Waals surface area contributed by atoms with E-state index in [-0.39, 0.29) is 16.9 Å². The number of aliphatic hydroxyl groups is 4. The van der Waals surface area contributed by atoms with Crippen LogP contribution in [0.4, 0.5) is 0 Å². The first kappa shape index (κ1) is 15.8. The molecule has 0 aliphatic carbocycles. The molecule has 0 unspecified atom stereocenters. The number of ether oxygens (including phenoxy) is 1. The zero-order valence-electron chi connectivity index (χ0n) is 11.2. The maximum Gasteiger partial charge on any atom is 0.131 e. The molecule has 5 atom stereocenters. The van der Waals surface area contributed by atoms with Crippen LogP contribution in [-0.4, -0.2) is 66.8 Å². The number of rotatable bonds is 2. The molecular formula is C13H18O8. The summed E-state index contributed by atoms with van der Waals surface area (Å²) in [7, 11) is 0. The second kappa shape index (κ2) is 5.66. The molecule has 1 aromatic rings. The molecule has 1 fully saturated rings. The summed E-state index contributed by atoms with van der Waals surface area (Å²) in [6.07, 6.45) is -7.35. The Balaban J connectivity index is 2.48. The largest absolute Gasteiger partial charge is 0.507 e. The third kappa shape index (κ3) is 2.52. The van der Waals surface area contributed by atoms with Crippen LogP contribution in [0, 0.1) is 6.92 Å². The first-order valence-electron chi connectivity index (χ1n) is 6.34. The van der Waals surface area contributed by atoms with Crippen molar-refractivity contribution >= 4 is 0 Å². The highest BCUT2D eigenvalue weighted by atomic mass is 16.5. The number of phenolic OH excluding ortho intramolecular Hbond substituents is 3. The fraction of sp³-hybridized carbons (Fsp3) is 0.538. The van der Waals surface area contributed by atoms with Gasteiger partial charge in [0, 0.05) is 11.6 Å². The van der Waals surface area contributed by atoms with Gasteiger partial charge in [0.15, 0.2) is 0 Å². The van der Waals surface area contributed by atoms with Crippen LogP contribution in [-0.2, 0) is 4.74 Å². The molecule has 0 amide bonds. The monoisotopic (exact) mass is 302 g/mol. The van der Waals surface area contributed by atoms with Crippen molar-refractivity contribution in [2.45, 2.75) is 37.4 Å². The predicted molar refractivity (Wildman–Crippen MR) is 68.9 cm³/mol. The molecule has 1 saturated heterocycles. The Labute approximate surface area is 120 Å². The van der Waals surface area contributed by atoms with Crippen LogP contribution >= 0.6 is 0 Å². The maximum absolute atomic E-state index is 10.0. The van der Waals surface area contributed by atoms with Crippen LogP contribution in [0.3, 0.4) is 0 Å². The van der Waals surface area contributed by atoms with Crippen molar-refractivity contribution < 1.29 is 40.5 Å². The third-order valence-corrected chi connectivity index (χ3v) is 3.72. The summed E-state index contributed by atoms with van der Waals surface area (Å²) in [5.74, 6) is -1.39. The SMILES string of the molecule is Cc1c(O)cc(O)c([C@H]2O[C@H](CO)[C@@H](O)[C@H](O)[C@@H]2O)c1O. The van der Waals surface area contributed by atoms with Crippen molar-refractivity contribution in [3.8, 4) is 17.2 Å². The van der Waals surface area contributed by atoms with Crippen molar-refractivity contribution in [3.05, 3.63) is 17.2 Å². The van der Waals surface area contributed by atoms with Crippen molar-refractivity contribution in [2.24, 2.45) is 0 Å². The van der Waals surface area contributed by atoms with Gasteiger partial charge in [-0.3, -0.25) is 0 Å². The van der Waals surface area contributed by atoms with Gasteiger partial charge in [-0.25, -0.2) is 0 Å². The fourth-order valence-corrected chi connectivity index (χ4v) is 2.38. The van der Waals surface area contributed by atoms with Crippen LogP contribution in [0.5, 0.6) is 17.2 Å². The van der Waals surface area contributed by atoms with Crippen LogP contribution in [0.15, 0.2) is 6.07 Å². The average molecular weight is 302 g/mol. The topological polar surface area (TPSA) is 151 Å². The molecule has 118 valence electrons. The fourth-order valence-electron chi connectivity index (χ4n) is 2.38. The van der Waals surface area contributed by atoms with Gasteiger partial charge in [0.2, 0.25) is 0 Å². The van der Waals surface area contributed by atoms with Crippen molar-refractivity contribution in [3.63, 3.8) is 0 Å². The van der Waals surface area contributed by atoms with E-state index in [1.54, 1.807) is 0 Å². The van der Waals surface area contributed by atoms with E-state index < -0.39 is 48.6 Å². The minimum atomic E-state index is -1.64. The molecule has 0 aromatic heterocycles.